The number of nitrogens with zero attached hydrogens (tertiary/aromatic N) is 2. The fourth-order valence-electron chi connectivity index (χ4n) is 2.19. The molecule has 1 aromatic heterocycles. The maximum absolute atomic E-state index is 10.6. The summed E-state index contributed by atoms with van der Waals surface area (Å²) in [6, 6.07) is 8.32. The molecule has 4 heteroatoms. The van der Waals surface area contributed by atoms with E-state index in [0.29, 0.717) is 12.3 Å². The molecule has 0 bridgehead atoms. The number of rotatable bonds is 5. The van der Waals surface area contributed by atoms with Gasteiger partial charge in [-0.25, -0.2) is 4.68 Å². The Kier molecular flexibility index (Phi) is 4.23. The van der Waals surface area contributed by atoms with Crippen LogP contribution in [0.15, 0.2) is 30.5 Å². The number of carboxylic acid groups (broad SMARTS) is 1. The van der Waals surface area contributed by atoms with Crippen molar-refractivity contribution in [1.82, 2.24) is 9.78 Å². The number of carbonyl (C=O) groups is 1. The van der Waals surface area contributed by atoms with E-state index in [4.69, 9.17) is 5.11 Å². The minimum absolute atomic E-state index is 0.138. The standard InChI is InChI=1S/C16H20N2O2/c1-11(2)13-4-7-15(8-5-13)18-12(3)14(10-17-18)6-9-16(19)20/h4-5,7-8,10-11H,6,9H2,1-3H3,(H,19,20). The Morgan fingerprint density at radius 1 is 1.30 bits per heavy atom. The second kappa shape index (κ2) is 5.90. The molecule has 0 aliphatic carbocycles. The first-order chi connectivity index (χ1) is 9.49. The Balaban J connectivity index is 2.22. The van der Waals surface area contributed by atoms with Crippen LogP contribution in [-0.4, -0.2) is 20.9 Å². The van der Waals surface area contributed by atoms with Crippen LogP contribution in [0.25, 0.3) is 5.69 Å². The number of hydrogen-bond acceptors (Lipinski definition) is 2. The molecule has 2 rings (SSSR count). The van der Waals surface area contributed by atoms with Gasteiger partial charge in [0, 0.05) is 12.1 Å². The van der Waals surface area contributed by atoms with Crippen molar-refractivity contribution in [2.75, 3.05) is 0 Å². The highest BCUT2D eigenvalue weighted by atomic mass is 16.4. The summed E-state index contributed by atoms with van der Waals surface area (Å²) < 4.78 is 1.86. The number of aryl methyl sites for hydroxylation is 1. The van der Waals surface area contributed by atoms with Gasteiger partial charge in [-0.15, -0.1) is 0 Å². The quantitative estimate of drug-likeness (QED) is 0.908. The lowest BCUT2D eigenvalue weighted by Crippen LogP contribution is -2.01. The van der Waals surface area contributed by atoms with Crippen molar-refractivity contribution in [3.63, 3.8) is 0 Å². The van der Waals surface area contributed by atoms with Crippen LogP contribution in [0.4, 0.5) is 0 Å². The van der Waals surface area contributed by atoms with E-state index in [1.54, 1.807) is 6.20 Å². The van der Waals surface area contributed by atoms with E-state index in [9.17, 15) is 4.79 Å². The third kappa shape index (κ3) is 3.07. The van der Waals surface area contributed by atoms with Gasteiger partial charge in [-0.05, 0) is 42.5 Å². The molecular weight excluding hydrogens is 252 g/mol. The zero-order valence-electron chi connectivity index (χ0n) is 12.1. The van der Waals surface area contributed by atoms with E-state index in [1.807, 2.05) is 11.6 Å². The predicted octanol–water partition coefficient (Wildman–Crippen LogP) is 3.32. The number of aromatic nitrogens is 2. The highest BCUT2D eigenvalue weighted by Crippen LogP contribution is 2.19. The average Bonchev–Trinajstić information content (AvgIpc) is 2.78. The molecule has 2 aromatic rings. The number of aliphatic carboxylic acids is 1. The van der Waals surface area contributed by atoms with Gasteiger partial charge >= 0.3 is 5.97 Å². The SMILES string of the molecule is Cc1c(CCC(=O)O)cnn1-c1ccc(C(C)C)cc1. The van der Waals surface area contributed by atoms with Gasteiger partial charge in [-0.1, -0.05) is 26.0 Å². The molecule has 1 N–H and O–H groups in total. The van der Waals surface area contributed by atoms with Crippen LogP contribution in [0, 0.1) is 6.92 Å². The molecule has 0 saturated carbocycles. The molecule has 20 heavy (non-hydrogen) atoms. The summed E-state index contributed by atoms with van der Waals surface area (Å²) in [6.07, 6.45) is 2.42. The molecule has 4 nitrogen and oxygen atoms in total. The second-order valence-electron chi connectivity index (χ2n) is 5.31. The van der Waals surface area contributed by atoms with E-state index in [0.717, 1.165) is 16.9 Å². The molecule has 1 aromatic carbocycles. The van der Waals surface area contributed by atoms with Gasteiger partial charge < -0.3 is 5.11 Å². The topological polar surface area (TPSA) is 55.1 Å². The van der Waals surface area contributed by atoms with Gasteiger partial charge in [0.2, 0.25) is 0 Å². The molecule has 0 aliphatic rings. The van der Waals surface area contributed by atoms with Gasteiger partial charge in [-0.2, -0.15) is 5.10 Å². The number of hydrogen-bond donors (Lipinski definition) is 1. The summed E-state index contributed by atoms with van der Waals surface area (Å²) in [7, 11) is 0. The maximum Gasteiger partial charge on any atom is 0.303 e. The highest BCUT2D eigenvalue weighted by Gasteiger charge is 2.10. The van der Waals surface area contributed by atoms with E-state index >= 15 is 0 Å². The fourth-order valence-corrected chi connectivity index (χ4v) is 2.19. The van der Waals surface area contributed by atoms with Crippen LogP contribution in [-0.2, 0) is 11.2 Å². The lowest BCUT2D eigenvalue weighted by Gasteiger charge is -2.08. The number of benzene rings is 1. The van der Waals surface area contributed by atoms with Gasteiger partial charge in [0.05, 0.1) is 11.9 Å². The molecule has 106 valence electrons. The molecule has 0 radical (unpaired) electrons. The van der Waals surface area contributed by atoms with Crippen LogP contribution in [0.3, 0.4) is 0 Å². The molecule has 0 spiro atoms. The van der Waals surface area contributed by atoms with Crippen molar-refractivity contribution in [1.29, 1.82) is 0 Å². The first-order valence-corrected chi connectivity index (χ1v) is 6.84. The highest BCUT2D eigenvalue weighted by molar-refractivity contribution is 5.67. The minimum atomic E-state index is -0.779. The Morgan fingerprint density at radius 2 is 1.95 bits per heavy atom. The molecule has 0 aliphatic heterocycles. The largest absolute Gasteiger partial charge is 0.481 e. The molecule has 0 saturated heterocycles. The smallest absolute Gasteiger partial charge is 0.303 e. The lowest BCUT2D eigenvalue weighted by atomic mass is 10.0. The first-order valence-electron chi connectivity index (χ1n) is 6.84. The van der Waals surface area contributed by atoms with Crippen molar-refractivity contribution >= 4 is 5.97 Å². The van der Waals surface area contributed by atoms with Crippen LogP contribution in [0.1, 0.15) is 43.0 Å². The molecule has 0 atom stereocenters. The fraction of sp³-hybridized carbons (Fsp3) is 0.375. The lowest BCUT2D eigenvalue weighted by molar-refractivity contribution is -0.136. The summed E-state index contributed by atoms with van der Waals surface area (Å²) in [5, 5.41) is 13.1. The average molecular weight is 272 g/mol. The Morgan fingerprint density at radius 3 is 2.50 bits per heavy atom. The molecule has 1 heterocycles. The Labute approximate surface area is 119 Å². The van der Waals surface area contributed by atoms with Crippen molar-refractivity contribution < 1.29 is 9.90 Å². The second-order valence-corrected chi connectivity index (χ2v) is 5.31. The summed E-state index contributed by atoms with van der Waals surface area (Å²) in [4.78, 5) is 10.6. The van der Waals surface area contributed by atoms with E-state index in [1.165, 1.54) is 5.56 Å². The normalized spacial score (nSPS) is 11.0. The van der Waals surface area contributed by atoms with Gasteiger partial charge in [0.1, 0.15) is 0 Å². The molecular formula is C16H20N2O2. The van der Waals surface area contributed by atoms with Crippen LogP contribution < -0.4 is 0 Å². The first kappa shape index (κ1) is 14.3. The predicted molar refractivity (Wildman–Crippen MR) is 78.3 cm³/mol. The van der Waals surface area contributed by atoms with Crippen molar-refractivity contribution in [2.24, 2.45) is 0 Å². The van der Waals surface area contributed by atoms with Gasteiger partial charge in [0.15, 0.2) is 0 Å². The van der Waals surface area contributed by atoms with Crippen LogP contribution >= 0.6 is 0 Å². The van der Waals surface area contributed by atoms with Crippen LogP contribution in [0.2, 0.25) is 0 Å². The summed E-state index contributed by atoms with van der Waals surface area (Å²) in [5.41, 5.74) is 4.29. The zero-order valence-corrected chi connectivity index (χ0v) is 12.1. The van der Waals surface area contributed by atoms with E-state index in [2.05, 4.69) is 43.2 Å². The summed E-state index contributed by atoms with van der Waals surface area (Å²) >= 11 is 0. The third-order valence-corrected chi connectivity index (χ3v) is 3.52. The maximum atomic E-state index is 10.6. The molecule has 0 unspecified atom stereocenters. The monoisotopic (exact) mass is 272 g/mol. The minimum Gasteiger partial charge on any atom is -0.481 e. The van der Waals surface area contributed by atoms with Crippen molar-refractivity contribution in [3.8, 4) is 5.69 Å². The zero-order chi connectivity index (χ0) is 14.7. The van der Waals surface area contributed by atoms with Crippen molar-refractivity contribution in [3.05, 3.63) is 47.3 Å². The third-order valence-electron chi connectivity index (χ3n) is 3.52. The van der Waals surface area contributed by atoms with Crippen molar-refractivity contribution in [2.45, 2.75) is 39.5 Å². The number of carboxylic acids is 1. The van der Waals surface area contributed by atoms with Gasteiger partial charge in [0.25, 0.3) is 0 Å². The summed E-state index contributed by atoms with van der Waals surface area (Å²) in [5.74, 6) is -0.271. The van der Waals surface area contributed by atoms with E-state index in [-0.39, 0.29) is 6.42 Å². The van der Waals surface area contributed by atoms with Gasteiger partial charge in [-0.3, -0.25) is 4.79 Å². The van der Waals surface area contributed by atoms with Crippen LogP contribution in [0.5, 0.6) is 0 Å². The molecule has 0 fully saturated rings. The van der Waals surface area contributed by atoms with E-state index < -0.39 is 5.97 Å². The molecule has 0 amide bonds. The Hall–Kier alpha value is -2.10. The summed E-state index contributed by atoms with van der Waals surface area (Å²) in [6.45, 7) is 6.30. The Bertz CT molecular complexity index is 597.